The Morgan fingerprint density at radius 2 is 2.00 bits per heavy atom. The van der Waals surface area contributed by atoms with Gasteiger partial charge in [0.15, 0.2) is 0 Å². The highest BCUT2D eigenvalue weighted by atomic mass is 79.9. The van der Waals surface area contributed by atoms with Gasteiger partial charge in [0, 0.05) is 18.8 Å². The van der Waals surface area contributed by atoms with Gasteiger partial charge in [0.05, 0.1) is 3.79 Å². The fourth-order valence-electron chi connectivity index (χ4n) is 1.66. The predicted octanol–water partition coefficient (Wildman–Crippen LogP) is 4.06. The van der Waals surface area contributed by atoms with Crippen LogP contribution in [0.1, 0.15) is 5.56 Å². The third kappa shape index (κ3) is 5.15. The summed E-state index contributed by atoms with van der Waals surface area (Å²) in [7, 11) is 4.08. The molecule has 0 fully saturated rings. The van der Waals surface area contributed by atoms with Crippen molar-refractivity contribution >= 4 is 33.0 Å². The van der Waals surface area contributed by atoms with Crippen molar-refractivity contribution in [2.24, 2.45) is 0 Å². The lowest BCUT2D eigenvalue weighted by Gasteiger charge is -2.11. The maximum Gasteiger partial charge on any atom is 0.119 e. The van der Waals surface area contributed by atoms with Gasteiger partial charge >= 0.3 is 0 Å². The molecule has 1 heterocycles. The Balaban J connectivity index is 1.79. The number of thiophene rings is 1. The molecule has 0 spiro atoms. The van der Waals surface area contributed by atoms with E-state index in [4.69, 9.17) is 4.74 Å². The van der Waals surface area contributed by atoms with E-state index in [1.807, 2.05) is 38.4 Å². The van der Waals surface area contributed by atoms with Crippen molar-refractivity contribution in [1.82, 2.24) is 4.90 Å². The average molecular weight is 355 g/mol. The molecule has 0 amide bonds. The van der Waals surface area contributed by atoms with Crippen LogP contribution in [-0.4, -0.2) is 32.1 Å². The number of nitrogens with one attached hydrogen (secondary N) is 1. The van der Waals surface area contributed by atoms with E-state index in [9.17, 15) is 0 Å². The van der Waals surface area contributed by atoms with Crippen LogP contribution in [0.4, 0.5) is 5.69 Å². The first kappa shape index (κ1) is 15.4. The largest absolute Gasteiger partial charge is 0.492 e. The Morgan fingerprint density at radius 3 is 2.60 bits per heavy atom. The molecule has 0 saturated heterocycles. The van der Waals surface area contributed by atoms with E-state index in [0.717, 1.165) is 24.5 Å². The van der Waals surface area contributed by atoms with Gasteiger partial charge in [-0.25, -0.2) is 0 Å². The molecule has 0 unspecified atom stereocenters. The summed E-state index contributed by atoms with van der Waals surface area (Å²) in [5.74, 6) is 0.913. The van der Waals surface area contributed by atoms with E-state index < -0.39 is 0 Å². The lowest BCUT2D eigenvalue weighted by atomic mass is 10.3. The second kappa shape index (κ2) is 7.67. The molecule has 0 atom stereocenters. The molecular weight excluding hydrogens is 336 g/mol. The normalized spacial score (nSPS) is 10.8. The fraction of sp³-hybridized carbons (Fsp3) is 0.333. The summed E-state index contributed by atoms with van der Waals surface area (Å²) in [5, 5.41) is 5.55. The smallest absolute Gasteiger partial charge is 0.119 e. The average Bonchev–Trinajstić information content (AvgIpc) is 2.83. The lowest BCUT2D eigenvalue weighted by Crippen LogP contribution is -2.19. The van der Waals surface area contributed by atoms with Gasteiger partial charge in [-0.05, 0) is 71.3 Å². The topological polar surface area (TPSA) is 24.5 Å². The molecule has 1 N–H and O–H groups in total. The van der Waals surface area contributed by atoms with Gasteiger partial charge in [-0.15, -0.1) is 11.3 Å². The molecule has 1 aromatic heterocycles. The molecule has 0 bridgehead atoms. The molecule has 1 aromatic carbocycles. The van der Waals surface area contributed by atoms with Gasteiger partial charge in [0.2, 0.25) is 0 Å². The minimum atomic E-state index is 0.711. The minimum absolute atomic E-state index is 0.711. The Bertz CT molecular complexity index is 525. The standard InChI is InChI=1S/C15H19BrN2OS/c1-18(2)7-8-19-14-5-3-13(4-6-14)17-10-12-9-15(16)20-11-12/h3-6,9,11,17H,7-8,10H2,1-2H3. The second-order valence-electron chi connectivity index (χ2n) is 4.79. The van der Waals surface area contributed by atoms with Crippen LogP contribution in [-0.2, 0) is 6.54 Å². The molecule has 0 radical (unpaired) electrons. The monoisotopic (exact) mass is 354 g/mol. The van der Waals surface area contributed by atoms with E-state index in [2.05, 4.69) is 37.6 Å². The van der Waals surface area contributed by atoms with Crippen LogP contribution in [0.2, 0.25) is 0 Å². The number of anilines is 1. The Hall–Kier alpha value is -1.04. The number of likely N-dealkylation sites (N-methyl/N-ethyl adjacent to an activating group) is 1. The van der Waals surface area contributed by atoms with Crippen molar-refractivity contribution in [1.29, 1.82) is 0 Å². The summed E-state index contributed by atoms with van der Waals surface area (Å²) in [6.07, 6.45) is 0. The minimum Gasteiger partial charge on any atom is -0.492 e. The van der Waals surface area contributed by atoms with Crippen LogP contribution < -0.4 is 10.1 Å². The van der Waals surface area contributed by atoms with Crippen molar-refractivity contribution in [3.8, 4) is 5.75 Å². The molecule has 0 aliphatic rings. The zero-order chi connectivity index (χ0) is 14.4. The van der Waals surface area contributed by atoms with Crippen molar-refractivity contribution in [2.45, 2.75) is 6.54 Å². The summed E-state index contributed by atoms with van der Waals surface area (Å²) >= 11 is 5.18. The van der Waals surface area contributed by atoms with E-state index in [1.54, 1.807) is 11.3 Å². The number of ether oxygens (including phenoxy) is 1. The van der Waals surface area contributed by atoms with Crippen LogP contribution in [0.15, 0.2) is 39.5 Å². The Labute approximate surface area is 132 Å². The quantitative estimate of drug-likeness (QED) is 0.811. The number of hydrogen-bond donors (Lipinski definition) is 1. The van der Waals surface area contributed by atoms with E-state index >= 15 is 0 Å². The van der Waals surface area contributed by atoms with Crippen LogP contribution >= 0.6 is 27.3 Å². The molecule has 20 heavy (non-hydrogen) atoms. The zero-order valence-electron chi connectivity index (χ0n) is 11.7. The van der Waals surface area contributed by atoms with Gasteiger partial charge in [-0.3, -0.25) is 0 Å². The summed E-state index contributed by atoms with van der Waals surface area (Å²) in [6, 6.07) is 10.2. The van der Waals surface area contributed by atoms with E-state index in [-0.39, 0.29) is 0 Å². The van der Waals surface area contributed by atoms with Gasteiger partial charge < -0.3 is 15.0 Å². The van der Waals surface area contributed by atoms with Crippen molar-refractivity contribution < 1.29 is 4.74 Å². The fourth-order valence-corrected chi connectivity index (χ4v) is 2.87. The molecule has 0 aliphatic carbocycles. The second-order valence-corrected chi connectivity index (χ2v) is 7.08. The van der Waals surface area contributed by atoms with Gasteiger partial charge in [-0.2, -0.15) is 0 Å². The van der Waals surface area contributed by atoms with E-state index in [1.165, 1.54) is 9.35 Å². The predicted molar refractivity (Wildman–Crippen MR) is 89.8 cm³/mol. The molecule has 3 nitrogen and oxygen atoms in total. The molecule has 108 valence electrons. The van der Waals surface area contributed by atoms with Crippen LogP contribution in [0.25, 0.3) is 0 Å². The zero-order valence-corrected chi connectivity index (χ0v) is 14.1. The highest BCUT2D eigenvalue weighted by Gasteiger charge is 1.99. The number of rotatable bonds is 7. The molecule has 2 rings (SSSR count). The number of halogens is 1. The maximum absolute atomic E-state index is 5.66. The Morgan fingerprint density at radius 1 is 1.25 bits per heavy atom. The highest BCUT2D eigenvalue weighted by molar-refractivity contribution is 9.11. The summed E-state index contributed by atoms with van der Waals surface area (Å²) in [4.78, 5) is 2.11. The molecule has 5 heteroatoms. The molecule has 0 aliphatic heterocycles. The lowest BCUT2D eigenvalue weighted by molar-refractivity contribution is 0.261. The SMILES string of the molecule is CN(C)CCOc1ccc(NCc2csc(Br)c2)cc1. The summed E-state index contributed by atoms with van der Waals surface area (Å²) in [5.41, 5.74) is 2.39. The first-order valence-electron chi connectivity index (χ1n) is 6.48. The maximum atomic E-state index is 5.66. The van der Waals surface area contributed by atoms with Crippen LogP contribution in [0.3, 0.4) is 0 Å². The first-order chi connectivity index (χ1) is 9.63. The van der Waals surface area contributed by atoms with Crippen molar-refractivity contribution in [3.05, 3.63) is 45.1 Å². The van der Waals surface area contributed by atoms with E-state index in [0.29, 0.717) is 6.61 Å². The number of nitrogens with zero attached hydrogens (tertiary/aromatic N) is 1. The number of hydrogen-bond acceptors (Lipinski definition) is 4. The third-order valence-corrected chi connectivity index (χ3v) is 4.33. The van der Waals surface area contributed by atoms with Crippen molar-refractivity contribution in [3.63, 3.8) is 0 Å². The molecule has 2 aromatic rings. The summed E-state index contributed by atoms with van der Waals surface area (Å²) < 4.78 is 6.83. The van der Waals surface area contributed by atoms with Gasteiger partial charge in [-0.1, -0.05) is 0 Å². The molecule has 0 saturated carbocycles. The van der Waals surface area contributed by atoms with Crippen molar-refractivity contribution in [2.75, 3.05) is 32.6 Å². The molecular formula is C15H19BrN2OS. The highest BCUT2D eigenvalue weighted by Crippen LogP contribution is 2.22. The van der Waals surface area contributed by atoms with Gasteiger partial charge in [0.25, 0.3) is 0 Å². The third-order valence-electron chi connectivity index (χ3n) is 2.78. The number of benzene rings is 1. The van der Waals surface area contributed by atoms with Gasteiger partial charge in [0.1, 0.15) is 12.4 Å². The van der Waals surface area contributed by atoms with Crippen LogP contribution in [0.5, 0.6) is 5.75 Å². The Kier molecular flexibility index (Phi) is 5.88. The first-order valence-corrected chi connectivity index (χ1v) is 8.15. The van der Waals surface area contributed by atoms with Crippen LogP contribution in [0, 0.1) is 0 Å². The summed E-state index contributed by atoms with van der Waals surface area (Å²) in [6.45, 7) is 2.47.